The summed E-state index contributed by atoms with van der Waals surface area (Å²) in [5, 5.41) is 3.19. The minimum absolute atomic E-state index is 0.328. The molecular weight excluding hydrogens is 268 g/mol. The molecular formula is C16H16N2OS. The van der Waals surface area contributed by atoms with Gasteiger partial charge in [0, 0.05) is 16.6 Å². The van der Waals surface area contributed by atoms with Crippen molar-refractivity contribution in [3.63, 3.8) is 0 Å². The molecule has 0 aliphatic rings. The van der Waals surface area contributed by atoms with Gasteiger partial charge in [-0.1, -0.05) is 18.2 Å². The number of carbonyl (C=O) groups is 1. The highest BCUT2D eigenvalue weighted by Crippen LogP contribution is 2.25. The number of aryl methyl sites for hydroxylation is 3. The molecule has 0 aliphatic heterocycles. The van der Waals surface area contributed by atoms with Crippen LogP contribution in [0.1, 0.15) is 26.5 Å². The van der Waals surface area contributed by atoms with Crippen LogP contribution in [0.25, 0.3) is 10.9 Å². The number of fused-ring (bicyclic) bond motifs is 1. The van der Waals surface area contributed by atoms with E-state index in [0.29, 0.717) is 4.88 Å². The molecule has 0 bridgehead atoms. The van der Waals surface area contributed by atoms with Gasteiger partial charge < -0.3 is 10.7 Å². The number of nitrogens with one attached hydrogen (secondary N) is 1. The Morgan fingerprint density at radius 3 is 2.85 bits per heavy atom. The highest BCUT2D eigenvalue weighted by Gasteiger charge is 2.12. The first kappa shape index (κ1) is 12.9. The Morgan fingerprint density at radius 1 is 1.25 bits per heavy atom. The molecule has 0 atom stereocenters. The van der Waals surface area contributed by atoms with Gasteiger partial charge in [-0.3, -0.25) is 4.79 Å². The van der Waals surface area contributed by atoms with Crippen molar-refractivity contribution < 1.29 is 4.79 Å². The van der Waals surface area contributed by atoms with E-state index in [-0.39, 0.29) is 5.91 Å². The lowest BCUT2D eigenvalue weighted by molar-refractivity contribution is 0.100. The fourth-order valence-corrected chi connectivity index (χ4v) is 3.47. The van der Waals surface area contributed by atoms with Gasteiger partial charge in [-0.2, -0.15) is 0 Å². The van der Waals surface area contributed by atoms with Crippen LogP contribution >= 0.6 is 11.3 Å². The van der Waals surface area contributed by atoms with Gasteiger partial charge in [0.1, 0.15) is 0 Å². The van der Waals surface area contributed by atoms with Gasteiger partial charge in [0.05, 0.1) is 4.88 Å². The van der Waals surface area contributed by atoms with Gasteiger partial charge >= 0.3 is 0 Å². The fraction of sp³-hybridized carbons (Fsp3) is 0.188. The summed E-state index contributed by atoms with van der Waals surface area (Å²) in [5.74, 6) is -0.328. The first-order valence-corrected chi connectivity index (χ1v) is 7.47. The maximum Gasteiger partial charge on any atom is 0.259 e. The van der Waals surface area contributed by atoms with Crippen molar-refractivity contribution in [2.45, 2.75) is 19.8 Å². The Kier molecular flexibility index (Phi) is 3.32. The van der Waals surface area contributed by atoms with Crippen LogP contribution in [0.2, 0.25) is 0 Å². The van der Waals surface area contributed by atoms with Crippen LogP contribution < -0.4 is 5.73 Å². The Labute approximate surface area is 121 Å². The number of H-pyrrole nitrogens is 1. The Hall–Kier alpha value is -2.07. The topological polar surface area (TPSA) is 58.9 Å². The fourth-order valence-electron chi connectivity index (χ4n) is 2.67. The predicted octanol–water partition coefficient (Wildman–Crippen LogP) is 3.42. The zero-order chi connectivity index (χ0) is 14.1. The number of amides is 1. The van der Waals surface area contributed by atoms with E-state index in [0.717, 1.165) is 18.4 Å². The number of primary amides is 1. The Morgan fingerprint density at radius 2 is 2.05 bits per heavy atom. The molecule has 3 rings (SSSR count). The Balaban J connectivity index is 1.89. The molecule has 1 aromatic carbocycles. The smallest absolute Gasteiger partial charge is 0.259 e. The normalized spacial score (nSPS) is 11.1. The van der Waals surface area contributed by atoms with E-state index in [2.05, 4.69) is 30.1 Å². The molecule has 0 spiro atoms. The van der Waals surface area contributed by atoms with E-state index >= 15 is 0 Å². The number of benzene rings is 1. The third-order valence-corrected chi connectivity index (χ3v) is 4.61. The highest BCUT2D eigenvalue weighted by atomic mass is 32.1. The van der Waals surface area contributed by atoms with E-state index in [4.69, 9.17) is 5.73 Å². The second-order valence-electron chi connectivity index (χ2n) is 4.91. The van der Waals surface area contributed by atoms with E-state index in [1.54, 1.807) is 0 Å². The van der Waals surface area contributed by atoms with Crippen LogP contribution in [0.15, 0.2) is 35.7 Å². The summed E-state index contributed by atoms with van der Waals surface area (Å²) in [6.07, 6.45) is 1.75. The standard InChI is InChI=1S/C16H16N2OS/c1-10-12(13-4-2-3-5-14(13)18-10)7-6-11-8-9-20-15(11)16(17)19/h2-5,8-9,18H,6-7H2,1H3,(H2,17,19). The van der Waals surface area contributed by atoms with Gasteiger partial charge in [-0.25, -0.2) is 0 Å². The van der Waals surface area contributed by atoms with Crippen LogP contribution in [-0.4, -0.2) is 10.9 Å². The number of hydrogen-bond donors (Lipinski definition) is 2. The molecule has 3 N–H and O–H groups in total. The minimum atomic E-state index is -0.328. The molecule has 0 saturated heterocycles. The van der Waals surface area contributed by atoms with Gasteiger partial charge in [0.25, 0.3) is 5.91 Å². The second-order valence-corrected chi connectivity index (χ2v) is 5.83. The van der Waals surface area contributed by atoms with Crippen LogP contribution in [0.3, 0.4) is 0 Å². The Bertz CT molecular complexity index is 770. The van der Waals surface area contributed by atoms with Crippen molar-refractivity contribution in [2.75, 3.05) is 0 Å². The van der Waals surface area contributed by atoms with Gasteiger partial charge in [-0.05, 0) is 48.4 Å². The lowest BCUT2D eigenvalue weighted by Crippen LogP contribution is -2.11. The predicted molar refractivity (Wildman–Crippen MR) is 83.3 cm³/mol. The molecule has 3 nitrogen and oxygen atoms in total. The lowest BCUT2D eigenvalue weighted by Gasteiger charge is -2.02. The number of hydrogen-bond acceptors (Lipinski definition) is 2. The van der Waals surface area contributed by atoms with Crippen molar-refractivity contribution >= 4 is 28.1 Å². The molecule has 0 aliphatic carbocycles. The summed E-state index contributed by atoms with van der Waals surface area (Å²) < 4.78 is 0. The molecule has 0 unspecified atom stereocenters. The summed E-state index contributed by atoms with van der Waals surface area (Å²) in [7, 11) is 0. The van der Waals surface area contributed by atoms with Crippen molar-refractivity contribution in [2.24, 2.45) is 5.73 Å². The number of carbonyl (C=O) groups excluding carboxylic acids is 1. The number of para-hydroxylation sites is 1. The summed E-state index contributed by atoms with van der Waals surface area (Å²) in [6.45, 7) is 2.10. The zero-order valence-corrected chi connectivity index (χ0v) is 12.1. The summed E-state index contributed by atoms with van der Waals surface area (Å²) >= 11 is 1.42. The number of thiophene rings is 1. The quantitative estimate of drug-likeness (QED) is 0.757. The number of rotatable bonds is 4. The lowest BCUT2D eigenvalue weighted by atomic mass is 10.0. The molecule has 20 heavy (non-hydrogen) atoms. The molecule has 2 aromatic heterocycles. The van der Waals surface area contributed by atoms with E-state index < -0.39 is 0 Å². The van der Waals surface area contributed by atoms with Crippen LogP contribution in [0.5, 0.6) is 0 Å². The molecule has 0 saturated carbocycles. The van der Waals surface area contributed by atoms with Crippen molar-refractivity contribution in [1.29, 1.82) is 0 Å². The molecule has 0 radical (unpaired) electrons. The monoisotopic (exact) mass is 284 g/mol. The summed E-state index contributed by atoms with van der Waals surface area (Å²) in [5.41, 5.74) is 10.1. The van der Waals surface area contributed by atoms with E-state index in [1.807, 2.05) is 17.5 Å². The van der Waals surface area contributed by atoms with Crippen LogP contribution in [0, 0.1) is 6.92 Å². The van der Waals surface area contributed by atoms with Crippen molar-refractivity contribution in [3.05, 3.63) is 57.4 Å². The van der Waals surface area contributed by atoms with Gasteiger partial charge in [0.2, 0.25) is 0 Å². The van der Waals surface area contributed by atoms with Gasteiger partial charge in [-0.15, -0.1) is 11.3 Å². The average Bonchev–Trinajstić information content (AvgIpc) is 3.00. The molecule has 4 heteroatoms. The van der Waals surface area contributed by atoms with Crippen LogP contribution in [-0.2, 0) is 12.8 Å². The minimum Gasteiger partial charge on any atom is -0.365 e. The molecule has 102 valence electrons. The summed E-state index contributed by atoms with van der Waals surface area (Å²) in [6, 6.07) is 10.3. The van der Waals surface area contributed by atoms with Crippen molar-refractivity contribution in [1.82, 2.24) is 4.98 Å². The number of nitrogens with two attached hydrogens (primary N) is 1. The maximum absolute atomic E-state index is 11.3. The van der Waals surface area contributed by atoms with Crippen molar-refractivity contribution in [3.8, 4) is 0 Å². The number of aromatic amines is 1. The van der Waals surface area contributed by atoms with E-state index in [9.17, 15) is 4.79 Å². The maximum atomic E-state index is 11.3. The molecule has 1 amide bonds. The van der Waals surface area contributed by atoms with Gasteiger partial charge in [0.15, 0.2) is 0 Å². The second kappa shape index (κ2) is 5.13. The van der Waals surface area contributed by atoms with E-state index in [1.165, 1.54) is 33.5 Å². The molecule has 2 heterocycles. The molecule has 0 fully saturated rings. The van der Waals surface area contributed by atoms with Crippen LogP contribution in [0.4, 0.5) is 0 Å². The molecule has 3 aromatic rings. The first-order valence-electron chi connectivity index (χ1n) is 6.59. The SMILES string of the molecule is Cc1[nH]c2ccccc2c1CCc1ccsc1C(N)=O. The largest absolute Gasteiger partial charge is 0.365 e. The summed E-state index contributed by atoms with van der Waals surface area (Å²) in [4.78, 5) is 15.4. The third kappa shape index (κ3) is 2.23. The highest BCUT2D eigenvalue weighted by molar-refractivity contribution is 7.12. The average molecular weight is 284 g/mol. The zero-order valence-electron chi connectivity index (χ0n) is 11.3. The third-order valence-electron chi connectivity index (χ3n) is 3.64. The first-order chi connectivity index (χ1) is 9.66. The number of aromatic nitrogens is 1.